The van der Waals surface area contributed by atoms with E-state index < -0.39 is 23.4 Å². The number of rotatable bonds is 2. The second kappa shape index (κ2) is 7.27. The predicted molar refractivity (Wildman–Crippen MR) is 92.8 cm³/mol. The summed E-state index contributed by atoms with van der Waals surface area (Å²) in [5.74, 6) is -1.10. The number of halogens is 3. The van der Waals surface area contributed by atoms with Gasteiger partial charge in [0.05, 0.1) is 16.6 Å². The molecule has 1 aromatic carbocycles. The lowest BCUT2D eigenvalue weighted by atomic mass is 10.2. The fourth-order valence-corrected chi connectivity index (χ4v) is 2.89. The van der Waals surface area contributed by atoms with Crippen molar-refractivity contribution in [1.82, 2.24) is 10.2 Å². The summed E-state index contributed by atoms with van der Waals surface area (Å²) in [6.07, 6.45) is 0.0590. The van der Waals surface area contributed by atoms with Crippen LogP contribution in [0.3, 0.4) is 0 Å². The maximum Gasteiger partial charge on any atom is 0.407 e. The van der Waals surface area contributed by atoms with Gasteiger partial charge in [-0.25, -0.2) is 9.18 Å². The second-order valence-electron chi connectivity index (χ2n) is 6.63. The number of carbonyl (C=O) groups excluding carboxylic acids is 2. The molecule has 0 radical (unpaired) electrons. The molecule has 1 aliphatic heterocycles. The van der Waals surface area contributed by atoms with Gasteiger partial charge in [0.2, 0.25) is 0 Å². The van der Waals surface area contributed by atoms with E-state index in [4.69, 9.17) is 16.3 Å². The minimum atomic E-state index is -0.670. The number of nitrogens with one attached hydrogen (secondary N) is 1. The lowest BCUT2D eigenvalue weighted by Crippen LogP contribution is -2.41. The number of nitrogens with zero attached hydrogens (tertiary/aromatic N) is 1. The van der Waals surface area contributed by atoms with E-state index in [1.807, 2.05) is 0 Å². The molecule has 0 unspecified atom stereocenters. The van der Waals surface area contributed by atoms with Crippen LogP contribution in [-0.2, 0) is 4.74 Å². The Morgan fingerprint density at radius 3 is 2.71 bits per heavy atom. The molecule has 0 bridgehead atoms. The van der Waals surface area contributed by atoms with Crippen LogP contribution in [-0.4, -0.2) is 41.6 Å². The van der Waals surface area contributed by atoms with Crippen molar-refractivity contribution in [2.45, 2.75) is 38.8 Å². The molecule has 0 saturated carbocycles. The second-order valence-corrected chi connectivity index (χ2v) is 7.89. The van der Waals surface area contributed by atoms with Gasteiger partial charge in [-0.2, -0.15) is 0 Å². The molecule has 132 valence electrons. The van der Waals surface area contributed by atoms with Gasteiger partial charge in [-0.1, -0.05) is 11.6 Å². The Kier molecular flexibility index (Phi) is 5.75. The average Bonchev–Trinajstić information content (AvgIpc) is 2.88. The first-order valence-corrected chi connectivity index (χ1v) is 8.67. The van der Waals surface area contributed by atoms with Gasteiger partial charge in [-0.15, -0.1) is 0 Å². The van der Waals surface area contributed by atoms with Crippen molar-refractivity contribution >= 4 is 39.5 Å². The van der Waals surface area contributed by atoms with E-state index in [1.54, 1.807) is 20.8 Å². The van der Waals surface area contributed by atoms with Crippen LogP contribution >= 0.6 is 27.5 Å². The molecule has 1 saturated heterocycles. The van der Waals surface area contributed by atoms with Crippen molar-refractivity contribution in [2.24, 2.45) is 0 Å². The summed E-state index contributed by atoms with van der Waals surface area (Å²) >= 11 is 9.00. The van der Waals surface area contributed by atoms with E-state index in [0.717, 1.165) is 6.07 Å². The molecule has 24 heavy (non-hydrogen) atoms. The molecule has 0 aliphatic carbocycles. The van der Waals surface area contributed by atoms with Crippen LogP contribution in [0.1, 0.15) is 37.6 Å². The average molecular weight is 422 g/mol. The molecule has 8 heteroatoms. The first-order chi connectivity index (χ1) is 11.1. The highest BCUT2D eigenvalue weighted by Crippen LogP contribution is 2.27. The van der Waals surface area contributed by atoms with Crippen LogP contribution in [0.2, 0.25) is 5.02 Å². The van der Waals surface area contributed by atoms with Crippen molar-refractivity contribution < 1.29 is 18.7 Å². The van der Waals surface area contributed by atoms with Gasteiger partial charge in [-0.3, -0.25) is 4.79 Å². The number of alkyl carbamates (subject to hydrolysis) is 1. The number of ether oxygens (including phenoxy) is 1. The number of hydrogen-bond donors (Lipinski definition) is 1. The van der Waals surface area contributed by atoms with Crippen molar-refractivity contribution in [2.75, 3.05) is 13.1 Å². The van der Waals surface area contributed by atoms with Crippen molar-refractivity contribution in [1.29, 1.82) is 0 Å². The molecule has 2 amide bonds. The van der Waals surface area contributed by atoms with Crippen LogP contribution in [0.5, 0.6) is 0 Å². The van der Waals surface area contributed by atoms with E-state index in [2.05, 4.69) is 21.2 Å². The van der Waals surface area contributed by atoms with Gasteiger partial charge < -0.3 is 15.0 Å². The Morgan fingerprint density at radius 2 is 2.08 bits per heavy atom. The first kappa shape index (κ1) is 19.0. The highest BCUT2D eigenvalue weighted by atomic mass is 79.9. The Bertz CT molecular complexity index is 663. The topological polar surface area (TPSA) is 58.6 Å². The van der Waals surface area contributed by atoms with Gasteiger partial charge in [0, 0.05) is 17.6 Å². The summed E-state index contributed by atoms with van der Waals surface area (Å²) in [4.78, 5) is 25.8. The normalized spacial score (nSPS) is 17.8. The van der Waals surface area contributed by atoms with Crippen LogP contribution in [0, 0.1) is 5.82 Å². The highest BCUT2D eigenvalue weighted by molar-refractivity contribution is 9.10. The molecular formula is C16H19BrClFN2O3. The van der Waals surface area contributed by atoms with Gasteiger partial charge in [-0.05, 0) is 55.3 Å². The summed E-state index contributed by atoms with van der Waals surface area (Å²) < 4.78 is 19.6. The predicted octanol–water partition coefficient (Wildman–Crippen LogP) is 3.98. The van der Waals surface area contributed by atoms with E-state index in [0.29, 0.717) is 24.0 Å². The molecule has 1 N–H and O–H groups in total. The van der Waals surface area contributed by atoms with Crippen LogP contribution < -0.4 is 5.32 Å². The molecule has 5 nitrogen and oxygen atoms in total. The summed E-state index contributed by atoms with van der Waals surface area (Å²) in [5, 5.41) is 2.93. The minimum Gasteiger partial charge on any atom is -0.444 e. The molecule has 1 heterocycles. The maximum atomic E-state index is 14.0. The third-order valence-electron chi connectivity index (χ3n) is 3.44. The zero-order valence-electron chi connectivity index (χ0n) is 13.7. The Hall–Kier alpha value is -1.34. The van der Waals surface area contributed by atoms with Crippen LogP contribution in [0.15, 0.2) is 16.6 Å². The summed E-state index contributed by atoms with van der Waals surface area (Å²) in [6.45, 7) is 6.06. The summed E-state index contributed by atoms with van der Waals surface area (Å²) in [7, 11) is 0. The third-order valence-corrected chi connectivity index (χ3v) is 4.63. The highest BCUT2D eigenvalue weighted by Gasteiger charge is 2.30. The SMILES string of the molecule is CC(C)(C)OC(=O)N[C@H]1CCN(C(=O)c2cc(Br)c(Cl)cc2F)C1. The Balaban J connectivity index is 1.99. The molecule has 1 aromatic rings. The Labute approximate surface area is 153 Å². The molecule has 0 spiro atoms. The van der Waals surface area contributed by atoms with Crippen molar-refractivity contribution in [3.63, 3.8) is 0 Å². The summed E-state index contributed by atoms with van der Waals surface area (Å²) in [6, 6.07) is 2.25. The first-order valence-electron chi connectivity index (χ1n) is 7.50. The quantitative estimate of drug-likeness (QED) is 0.735. The van der Waals surface area contributed by atoms with Crippen molar-refractivity contribution in [3.05, 3.63) is 33.0 Å². The van der Waals surface area contributed by atoms with Gasteiger partial charge in [0.15, 0.2) is 0 Å². The standard InChI is InChI=1S/C16H19BrClFN2O3/c1-16(2,3)24-15(23)20-9-4-5-21(8-9)14(22)10-6-11(17)12(18)7-13(10)19/h6-7,9H,4-5,8H2,1-3H3,(H,20,23)/t9-/m0/s1. The lowest BCUT2D eigenvalue weighted by molar-refractivity contribution is 0.0502. The number of carbonyl (C=O) groups is 2. The molecule has 1 atom stereocenters. The number of likely N-dealkylation sites (tertiary alicyclic amines) is 1. The van der Waals surface area contributed by atoms with E-state index >= 15 is 0 Å². The van der Waals surface area contributed by atoms with Crippen LogP contribution in [0.25, 0.3) is 0 Å². The van der Waals surface area contributed by atoms with E-state index in [-0.39, 0.29) is 16.6 Å². The summed E-state index contributed by atoms with van der Waals surface area (Å²) in [5.41, 5.74) is -0.638. The molecule has 1 fully saturated rings. The smallest absolute Gasteiger partial charge is 0.407 e. The van der Waals surface area contributed by atoms with Gasteiger partial charge >= 0.3 is 6.09 Å². The zero-order chi connectivity index (χ0) is 18.1. The lowest BCUT2D eigenvalue weighted by Gasteiger charge is -2.22. The maximum absolute atomic E-state index is 14.0. The molecular weight excluding hydrogens is 403 g/mol. The number of hydrogen-bond acceptors (Lipinski definition) is 3. The minimum absolute atomic E-state index is 0.0517. The molecule has 1 aliphatic rings. The molecule has 2 rings (SSSR count). The van der Waals surface area contributed by atoms with Crippen molar-refractivity contribution in [3.8, 4) is 0 Å². The third kappa shape index (κ3) is 4.83. The largest absolute Gasteiger partial charge is 0.444 e. The zero-order valence-corrected chi connectivity index (χ0v) is 16.0. The van der Waals surface area contributed by atoms with E-state index in [9.17, 15) is 14.0 Å². The van der Waals surface area contributed by atoms with Gasteiger partial charge in [0.1, 0.15) is 11.4 Å². The van der Waals surface area contributed by atoms with Gasteiger partial charge in [0.25, 0.3) is 5.91 Å². The Morgan fingerprint density at radius 1 is 1.42 bits per heavy atom. The fraction of sp³-hybridized carbons (Fsp3) is 0.500. The molecule has 0 aromatic heterocycles. The number of benzene rings is 1. The van der Waals surface area contributed by atoms with E-state index in [1.165, 1.54) is 11.0 Å². The number of amides is 2. The van der Waals surface area contributed by atoms with Crippen LogP contribution in [0.4, 0.5) is 9.18 Å². The fourth-order valence-electron chi connectivity index (χ4n) is 2.39. The monoisotopic (exact) mass is 420 g/mol.